The third-order valence-corrected chi connectivity index (χ3v) is 3.27. The van der Waals surface area contributed by atoms with Gasteiger partial charge in [-0.1, -0.05) is 22.9 Å². The smallest absolute Gasteiger partial charge is 0.329 e. The lowest BCUT2D eigenvalue weighted by molar-refractivity contribution is -0.143. The van der Waals surface area contributed by atoms with E-state index in [2.05, 4.69) is 21.2 Å². The number of carbonyl (C=O) groups is 2. The Morgan fingerprint density at radius 3 is 2.56 bits per heavy atom. The summed E-state index contributed by atoms with van der Waals surface area (Å²) in [6, 6.07) is 4.38. The standard InChI is InChI=1S/C12H14BrNO4/c1-3-12(2,11(17)18)14-10(16)8-6-7(13)4-5-9(8)15/h4-6,15H,3H2,1-2H3,(H,14,16)(H,17,18). The maximum Gasteiger partial charge on any atom is 0.329 e. The first-order valence-electron chi connectivity index (χ1n) is 5.34. The molecule has 0 saturated carbocycles. The third kappa shape index (κ3) is 3.01. The van der Waals surface area contributed by atoms with Crippen molar-refractivity contribution in [3.63, 3.8) is 0 Å². The van der Waals surface area contributed by atoms with Crippen LogP contribution in [-0.2, 0) is 4.79 Å². The molecule has 5 nitrogen and oxygen atoms in total. The number of hydrogen-bond donors (Lipinski definition) is 3. The fraction of sp³-hybridized carbons (Fsp3) is 0.333. The highest BCUT2D eigenvalue weighted by molar-refractivity contribution is 9.10. The van der Waals surface area contributed by atoms with Crippen LogP contribution in [0, 0.1) is 0 Å². The molecule has 0 bridgehead atoms. The van der Waals surface area contributed by atoms with Gasteiger partial charge in [0.05, 0.1) is 5.56 Å². The summed E-state index contributed by atoms with van der Waals surface area (Å²) >= 11 is 3.18. The van der Waals surface area contributed by atoms with Gasteiger partial charge in [-0.15, -0.1) is 0 Å². The molecular formula is C12H14BrNO4. The van der Waals surface area contributed by atoms with Crippen molar-refractivity contribution < 1.29 is 19.8 Å². The van der Waals surface area contributed by atoms with Gasteiger partial charge in [0.15, 0.2) is 0 Å². The Balaban J connectivity index is 3.02. The Kier molecular flexibility index (Phi) is 4.34. The van der Waals surface area contributed by atoms with Crippen molar-refractivity contribution in [1.29, 1.82) is 0 Å². The predicted molar refractivity (Wildman–Crippen MR) is 69.6 cm³/mol. The molecule has 1 aromatic carbocycles. The Labute approximate surface area is 113 Å². The summed E-state index contributed by atoms with van der Waals surface area (Å²) in [6.07, 6.45) is 0.239. The van der Waals surface area contributed by atoms with Crippen LogP contribution >= 0.6 is 15.9 Å². The van der Waals surface area contributed by atoms with E-state index in [1.807, 2.05) is 0 Å². The lowest BCUT2D eigenvalue weighted by Gasteiger charge is -2.24. The number of carbonyl (C=O) groups excluding carboxylic acids is 1. The number of carboxylic acid groups (broad SMARTS) is 1. The van der Waals surface area contributed by atoms with Crippen LogP contribution in [0.2, 0.25) is 0 Å². The summed E-state index contributed by atoms with van der Waals surface area (Å²) in [4.78, 5) is 23.0. The van der Waals surface area contributed by atoms with Gasteiger partial charge in [0.1, 0.15) is 11.3 Å². The zero-order valence-corrected chi connectivity index (χ0v) is 11.6. The quantitative estimate of drug-likeness (QED) is 0.794. The van der Waals surface area contributed by atoms with Gasteiger partial charge in [-0.25, -0.2) is 4.79 Å². The number of halogens is 1. The first kappa shape index (κ1) is 14.5. The Morgan fingerprint density at radius 1 is 1.44 bits per heavy atom. The van der Waals surface area contributed by atoms with Crippen LogP contribution < -0.4 is 5.32 Å². The lowest BCUT2D eigenvalue weighted by Crippen LogP contribution is -2.51. The number of amides is 1. The number of aliphatic carboxylic acids is 1. The van der Waals surface area contributed by atoms with Crippen LogP contribution in [0.4, 0.5) is 0 Å². The molecule has 1 unspecified atom stereocenters. The van der Waals surface area contributed by atoms with Gasteiger partial charge < -0.3 is 15.5 Å². The minimum absolute atomic E-state index is 0.0327. The first-order chi connectivity index (χ1) is 8.30. The summed E-state index contributed by atoms with van der Waals surface area (Å²) < 4.78 is 0.624. The summed E-state index contributed by atoms with van der Waals surface area (Å²) in [5.74, 6) is -1.94. The number of phenolic OH excluding ortho intramolecular Hbond substituents is 1. The molecule has 1 aromatic rings. The molecule has 0 spiro atoms. The van der Waals surface area contributed by atoms with Crippen molar-refractivity contribution in [2.75, 3.05) is 0 Å². The number of benzene rings is 1. The second-order valence-electron chi connectivity index (χ2n) is 4.11. The van der Waals surface area contributed by atoms with E-state index in [0.29, 0.717) is 4.47 Å². The number of phenols is 1. The molecule has 0 aromatic heterocycles. The number of hydrogen-bond acceptors (Lipinski definition) is 3. The van der Waals surface area contributed by atoms with Crippen molar-refractivity contribution in [1.82, 2.24) is 5.32 Å². The van der Waals surface area contributed by atoms with Gasteiger partial charge in [0, 0.05) is 4.47 Å². The molecule has 1 amide bonds. The Hall–Kier alpha value is -1.56. The minimum Gasteiger partial charge on any atom is -0.507 e. The second kappa shape index (κ2) is 5.39. The maximum atomic E-state index is 11.9. The van der Waals surface area contributed by atoms with Crippen LogP contribution in [-0.4, -0.2) is 27.6 Å². The van der Waals surface area contributed by atoms with E-state index in [0.717, 1.165) is 0 Å². The van der Waals surface area contributed by atoms with Crippen LogP contribution in [0.15, 0.2) is 22.7 Å². The number of aromatic hydroxyl groups is 1. The third-order valence-electron chi connectivity index (χ3n) is 2.77. The average molecular weight is 316 g/mol. The molecular weight excluding hydrogens is 302 g/mol. The molecule has 0 saturated heterocycles. The molecule has 0 aliphatic carbocycles. The molecule has 0 radical (unpaired) electrons. The molecule has 0 fully saturated rings. The van der Waals surface area contributed by atoms with Crippen LogP contribution in [0.25, 0.3) is 0 Å². The average Bonchev–Trinajstić information content (AvgIpc) is 2.31. The van der Waals surface area contributed by atoms with E-state index in [1.54, 1.807) is 13.0 Å². The SMILES string of the molecule is CCC(C)(NC(=O)c1cc(Br)ccc1O)C(=O)O. The van der Waals surface area contributed by atoms with E-state index >= 15 is 0 Å². The van der Waals surface area contributed by atoms with Crippen molar-refractivity contribution in [2.45, 2.75) is 25.8 Å². The number of nitrogens with one attached hydrogen (secondary N) is 1. The fourth-order valence-corrected chi connectivity index (χ4v) is 1.66. The molecule has 1 rings (SSSR count). The zero-order valence-electron chi connectivity index (χ0n) is 10.0. The van der Waals surface area contributed by atoms with Crippen molar-refractivity contribution in [3.8, 4) is 5.75 Å². The molecule has 1 atom stereocenters. The van der Waals surface area contributed by atoms with Crippen molar-refractivity contribution in [2.24, 2.45) is 0 Å². The largest absolute Gasteiger partial charge is 0.507 e. The summed E-state index contributed by atoms with van der Waals surface area (Å²) in [7, 11) is 0. The van der Waals surface area contributed by atoms with Gasteiger partial charge in [-0.05, 0) is 31.5 Å². The second-order valence-corrected chi connectivity index (χ2v) is 5.02. The van der Waals surface area contributed by atoms with E-state index in [1.165, 1.54) is 19.1 Å². The highest BCUT2D eigenvalue weighted by Gasteiger charge is 2.33. The number of carboxylic acids is 1. The maximum absolute atomic E-state index is 11.9. The van der Waals surface area contributed by atoms with Crippen LogP contribution in [0.5, 0.6) is 5.75 Å². The molecule has 0 aliphatic rings. The van der Waals surface area contributed by atoms with Gasteiger partial charge in [-0.3, -0.25) is 4.79 Å². The van der Waals surface area contributed by atoms with Gasteiger partial charge in [0.25, 0.3) is 5.91 Å². The first-order valence-corrected chi connectivity index (χ1v) is 6.14. The normalized spacial score (nSPS) is 13.7. The highest BCUT2D eigenvalue weighted by atomic mass is 79.9. The molecule has 6 heteroatoms. The van der Waals surface area contributed by atoms with Gasteiger partial charge in [0.2, 0.25) is 0 Å². The minimum atomic E-state index is -1.36. The summed E-state index contributed by atoms with van der Waals surface area (Å²) in [6.45, 7) is 3.08. The summed E-state index contributed by atoms with van der Waals surface area (Å²) in [5, 5.41) is 21.1. The topological polar surface area (TPSA) is 86.6 Å². The van der Waals surface area contributed by atoms with E-state index < -0.39 is 17.4 Å². The monoisotopic (exact) mass is 315 g/mol. The summed E-state index contributed by atoms with van der Waals surface area (Å²) in [5.41, 5.74) is -1.32. The Bertz CT molecular complexity index is 489. The molecule has 0 heterocycles. The predicted octanol–water partition coefficient (Wildman–Crippen LogP) is 2.14. The van der Waals surface area contributed by atoms with E-state index in [-0.39, 0.29) is 17.7 Å². The number of rotatable bonds is 4. The molecule has 98 valence electrons. The Morgan fingerprint density at radius 2 is 2.06 bits per heavy atom. The van der Waals surface area contributed by atoms with E-state index in [4.69, 9.17) is 5.11 Å². The van der Waals surface area contributed by atoms with E-state index in [9.17, 15) is 14.7 Å². The fourth-order valence-electron chi connectivity index (χ4n) is 1.30. The van der Waals surface area contributed by atoms with Crippen LogP contribution in [0.1, 0.15) is 30.6 Å². The zero-order chi connectivity index (χ0) is 13.9. The molecule has 18 heavy (non-hydrogen) atoms. The highest BCUT2D eigenvalue weighted by Crippen LogP contribution is 2.22. The van der Waals surface area contributed by atoms with Crippen molar-refractivity contribution in [3.05, 3.63) is 28.2 Å². The molecule has 0 aliphatic heterocycles. The lowest BCUT2D eigenvalue weighted by atomic mass is 9.98. The molecule has 3 N–H and O–H groups in total. The van der Waals surface area contributed by atoms with Crippen LogP contribution in [0.3, 0.4) is 0 Å². The van der Waals surface area contributed by atoms with Gasteiger partial charge >= 0.3 is 5.97 Å². The van der Waals surface area contributed by atoms with Crippen molar-refractivity contribution >= 4 is 27.8 Å². The van der Waals surface area contributed by atoms with Gasteiger partial charge in [-0.2, -0.15) is 0 Å².